The van der Waals surface area contributed by atoms with Gasteiger partial charge in [-0.2, -0.15) is 5.10 Å². The number of amides is 3. The second kappa shape index (κ2) is 10.1. The summed E-state index contributed by atoms with van der Waals surface area (Å²) in [7, 11) is 3.51. The molecular formula is C31H37N9O3. The standard InChI is InChI=1S/C31H37N9O3/c1-31(2)14-18-13-23-29(42)40(12-11-39(23)24(18)15-31)28-22(17-41)20(5-9-33-28)21-6-8-32-26-25(21)27(36-35-26)34-19-7-10-38(16-19)30(43)37(3)4/h5-6,8-9,13,19,41H,7,10-12,14-17H2,1-4H3,(H2,32,34,35,36)/t19-/m1/s1. The van der Waals surface area contributed by atoms with Gasteiger partial charge >= 0.3 is 6.03 Å². The molecule has 43 heavy (non-hydrogen) atoms. The maximum absolute atomic E-state index is 13.9. The number of hydrogen-bond donors (Lipinski definition) is 3. The molecule has 0 saturated carbocycles. The van der Waals surface area contributed by atoms with Crippen LogP contribution in [-0.4, -0.2) is 91.3 Å². The average molecular weight is 584 g/mol. The molecule has 3 N–H and O–H groups in total. The Labute approximate surface area is 249 Å². The van der Waals surface area contributed by atoms with Crippen molar-refractivity contribution in [3.63, 3.8) is 0 Å². The molecule has 12 nitrogen and oxygen atoms in total. The summed E-state index contributed by atoms with van der Waals surface area (Å²) in [6.07, 6.45) is 6.12. The van der Waals surface area contributed by atoms with Crippen molar-refractivity contribution in [2.24, 2.45) is 5.41 Å². The molecule has 1 fully saturated rings. The number of hydrogen-bond acceptors (Lipinski definition) is 7. The lowest BCUT2D eigenvalue weighted by atomic mass is 9.90. The second-order valence-corrected chi connectivity index (χ2v) is 12.9. The number of H-pyrrole nitrogens is 1. The zero-order chi connectivity index (χ0) is 30.0. The van der Waals surface area contributed by atoms with Crippen LogP contribution in [0.4, 0.5) is 16.4 Å². The molecule has 4 aromatic heterocycles. The first-order valence-corrected chi connectivity index (χ1v) is 14.8. The number of aliphatic hydroxyl groups is 1. The number of urea groups is 1. The van der Waals surface area contributed by atoms with Crippen LogP contribution in [0.25, 0.3) is 22.2 Å². The third kappa shape index (κ3) is 4.51. The molecule has 0 radical (unpaired) electrons. The fraction of sp³-hybridized carbons (Fsp3) is 0.452. The predicted octanol–water partition coefficient (Wildman–Crippen LogP) is 3.27. The van der Waals surface area contributed by atoms with Gasteiger partial charge in [-0.1, -0.05) is 13.8 Å². The lowest BCUT2D eigenvalue weighted by molar-refractivity contribution is 0.0962. The number of rotatable bonds is 5. The van der Waals surface area contributed by atoms with Crippen LogP contribution in [0.5, 0.6) is 0 Å². The summed E-state index contributed by atoms with van der Waals surface area (Å²) < 4.78 is 2.18. The van der Waals surface area contributed by atoms with Crippen LogP contribution < -0.4 is 10.2 Å². The molecule has 4 aromatic rings. The highest BCUT2D eigenvalue weighted by Gasteiger charge is 2.37. The summed E-state index contributed by atoms with van der Waals surface area (Å²) in [6.45, 7) is 6.65. The minimum atomic E-state index is -0.289. The molecule has 1 saturated heterocycles. The van der Waals surface area contributed by atoms with Crippen LogP contribution in [0.15, 0.2) is 30.6 Å². The van der Waals surface area contributed by atoms with Gasteiger partial charge in [0, 0.05) is 70.0 Å². The number of nitrogens with zero attached hydrogens (tertiary/aromatic N) is 7. The molecule has 2 aliphatic heterocycles. The van der Waals surface area contributed by atoms with E-state index in [2.05, 4.69) is 43.9 Å². The molecule has 3 aliphatic rings. The van der Waals surface area contributed by atoms with E-state index in [9.17, 15) is 14.7 Å². The predicted molar refractivity (Wildman–Crippen MR) is 163 cm³/mol. The van der Waals surface area contributed by atoms with Gasteiger partial charge in [0.15, 0.2) is 11.5 Å². The highest BCUT2D eigenvalue weighted by atomic mass is 16.3. The van der Waals surface area contributed by atoms with Gasteiger partial charge in [-0.15, -0.1) is 0 Å². The Bertz CT molecular complexity index is 1750. The average Bonchev–Trinajstić information content (AvgIpc) is 3.75. The van der Waals surface area contributed by atoms with Crippen molar-refractivity contribution >= 4 is 34.6 Å². The number of carbonyl (C=O) groups excluding carboxylic acids is 2. The summed E-state index contributed by atoms with van der Waals surface area (Å²) in [5.74, 6) is 1.00. The first kappa shape index (κ1) is 27.4. The summed E-state index contributed by atoms with van der Waals surface area (Å²) in [6, 6.07) is 5.83. The number of aromatic nitrogens is 5. The third-order valence-corrected chi connectivity index (χ3v) is 9.01. The largest absolute Gasteiger partial charge is 0.392 e. The van der Waals surface area contributed by atoms with E-state index < -0.39 is 0 Å². The van der Waals surface area contributed by atoms with Gasteiger partial charge in [-0.3, -0.25) is 14.8 Å². The maximum atomic E-state index is 13.9. The first-order valence-electron chi connectivity index (χ1n) is 14.8. The SMILES string of the molecule is CN(C)C(=O)N1CC[C@@H](Nc2n[nH]c3nccc(-c4ccnc(N5CCn6c(cc7c6CC(C)(C)C7)C5=O)c4CO)c23)C1. The molecule has 7 rings (SSSR count). The molecule has 0 aromatic carbocycles. The Balaban J connectivity index is 1.22. The lowest BCUT2D eigenvalue weighted by Gasteiger charge is -2.31. The minimum Gasteiger partial charge on any atom is -0.392 e. The van der Waals surface area contributed by atoms with Gasteiger partial charge in [-0.25, -0.2) is 14.8 Å². The van der Waals surface area contributed by atoms with Crippen LogP contribution in [0.1, 0.15) is 47.6 Å². The van der Waals surface area contributed by atoms with E-state index >= 15 is 0 Å². The summed E-state index contributed by atoms with van der Waals surface area (Å²) in [5.41, 5.74) is 6.19. The lowest BCUT2D eigenvalue weighted by Crippen LogP contribution is -2.41. The van der Waals surface area contributed by atoms with Crippen molar-refractivity contribution in [2.75, 3.05) is 43.9 Å². The zero-order valence-corrected chi connectivity index (χ0v) is 25.0. The number of fused-ring (bicyclic) bond motifs is 4. The van der Waals surface area contributed by atoms with E-state index in [-0.39, 0.29) is 30.0 Å². The fourth-order valence-electron chi connectivity index (χ4n) is 7.04. The molecule has 0 spiro atoms. The number of likely N-dealkylation sites (tertiary alicyclic amines) is 1. The summed E-state index contributed by atoms with van der Waals surface area (Å²) >= 11 is 0. The van der Waals surface area contributed by atoms with Gasteiger partial charge in [-0.05, 0) is 59.6 Å². The molecule has 0 bridgehead atoms. The summed E-state index contributed by atoms with van der Waals surface area (Å²) in [5, 5.41) is 22.5. The molecule has 1 aliphatic carbocycles. The number of aromatic amines is 1. The Morgan fingerprint density at radius 2 is 1.93 bits per heavy atom. The maximum Gasteiger partial charge on any atom is 0.319 e. The van der Waals surface area contributed by atoms with E-state index in [1.165, 1.54) is 11.3 Å². The van der Waals surface area contributed by atoms with Gasteiger partial charge in [0.2, 0.25) is 0 Å². The minimum absolute atomic E-state index is 0.0107. The quantitative estimate of drug-likeness (QED) is 0.328. The van der Waals surface area contributed by atoms with Crippen molar-refractivity contribution in [1.82, 2.24) is 34.5 Å². The monoisotopic (exact) mass is 583 g/mol. The van der Waals surface area contributed by atoms with Crippen LogP contribution in [0.2, 0.25) is 0 Å². The van der Waals surface area contributed by atoms with Crippen LogP contribution in [-0.2, 0) is 26.0 Å². The molecule has 6 heterocycles. The van der Waals surface area contributed by atoms with Gasteiger partial charge in [0.05, 0.1) is 12.0 Å². The van der Waals surface area contributed by atoms with Gasteiger partial charge < -0.3 is 24.8 Å². The van der Waals surface area contributed by atoms with E-state index in [0.29, 0.717) is 54.7 Å². The van der Waals surface area contributed by atoms with Crippen molar-refractivity contribution in [3.8, 4) is 11.1 Å². The smallest absolute Gasteiger partial charge is 0.319 e. The fourth-order valence-corrected chi connectivity index (χ4v) is 7.04. The van der Waals surface area contributed by atoms with Crippen molar-refractivity contribution in [2.45, 2.75) is 52.3 Å². The van der Waals surface area contributed by atoms with Gasteiger partial charge in [0.1, 0.15) is 11.5 Å². The number of anilines is 2. The van der Waals surface area contributed by atoms with Gasteiger partial charge in [0.25, 0.3) is 5.91 Å². The number of pyridine rings is 2. The Morgan fingerprint density at radius 3 is 2.72 bits per heavy atom. The zero-order valence-electron chi connectivity index (χ0n) is 25.0. The Morgan fingerprint density at radius 1 is 1.14 bits per heavy atom. The Kier molecular flexibility index (Phi) is 6.42. The Hall–Kier alpha value is -4.45. The summed E-state index contributed by atoms with van der Waals surface area (Å²) in [4.78, 5) is 40.5. The van der Waals surface area contributed by atoms with E-state index in [1.807, 2.05) is 23.1 Å². The molecule has 224 valence electrons. The molecule has 0 unspecified atom stereocenters. The highest BCUT2D eigenvalue weighted by molar-refractivity contribution is 6.07. The van der Waals surface area contributed by atoms with E-state index in [1.54, 1.807) is 36.3 Å². The number of carbonyl (C=O) groups is 2. The first-order chi connectivity index (χ1) is 20.6. The van der Waals surface area contributed by atoms with Crippen molar-refractivity contribution in [1.29, 1.82) is 0 Å². The molecular weight excluding hydrogens is 546 g/mol. The van der Waals surface area contributed by atoms with Crippen LogP contribution in [0.3, 0.4) is 0 Å². The topological polar surface area (TPSA) is 136 Å². The third-order valence-electron chi connectivity index (χ3n) is 9.01. The van der Waals surface area contributed by atoms with Crippen LogP contribution >= 0.6 is 0 Å². The normalized spacial score (nSPS) is 19.2. The number of aliphatic hydroxyl groups excluding tert-OH is 1. The van der Waals surface area contributed by atoms with Crippen LogP contribution in [0, 0.1) is 5.41 Å². The van der Waals surface area contributed by atoms with E-state index in [0.717, 1.165) is 35.8 Å². The molecule has 1 atom stereocenters. The number of nitrogens with one attached hydrogen (secondary N) is 2. The molecule has 3 amide bonds. The van der Waals surface area contributed by atoms with Crippen molar-refractivity contribution in [3.05, 3.63) is 53.1 Å². The van der Waals surface area contributed by atoms with E-state index in [4.69, 9.17) is 0 Å². The second-order valence-electron chi connectivity index (χ2n) is 12.9. The van der Waals surface area contributed by atoms with Crippen molar-refractivity contribution < 1.29 is 14.7 Å². The highest BCUT2D eigenvalue weighted by Crippen LogP contribution is 2.41. The molecule has 12 heteroatoms.